The van der Waals surface area contributed by atoms with Crippen molar-refractivity contribution < 1.29 is 24.2 Å². The van der Waals surface area contributed by atoms with E-state index in [1.807, 2.05) is 42.2 Å². The number of pyridine rings is 1. The quantitative estimate of drug-likeness (QED) is 0.563. The van der Waals surface area contributed by atoms with Crippen molar-refractivity contribution in [1.82, 2.24) is 9.88 Å². The average Bonchev–Trinajstić information content (AvgIpc) is 2.88. The first-order valence-corrected chi connectivity index (χ1v) is 12.4. The van der Waals surface area contributed by atoms with Crippen molar-refractivity contribution in [2.45, 2.75) is 45.1 Å². The van der Waals surface area contributed by atoms with Gasteiger partial charge < -0.3 is 19.5 Å². The monoisotopic (exact) mass is 486 g/mol. The lowest BCUT2D eigenvalue weighted by Gasteiger charge is -2.30. The number of carboxylic acid groups (broad SMARTS) is 1. The topological polar surface area (TPSA) is 89.0 Å². The maximum Gasteiger partial charge on any atom is 0.304 e. The molecule has 186 valence electrons. The molecule has 0 spiro atoms. The number of carbonyl (C=O) groups excluding carboxylic acids is 1. The van der Waals surface area contributed by atoms with Crippen LogP contribution in [0.3, 0.4) is 0 Å². The number of aromatic nitrogens is 1. The van der Waals surface area contributed by atoms with E-state index >= 15 is 0 Å². The average molecular weight is 487 g/mol. The van der Waals surface area contributed by atoms with E-state index in [-0.39, 0.29) is 18.2 Å². The summed E-state index contributed by atoms with van der Waals surface area (Å²) in [5.74, 6) is 0.0552. The molecule has 1 atom stereocenters. The van der Waals surface area contributed by atoms with Crippen LogP contribution >= 0.6 is 0 Å². The van der Waals surface area contributed by atoms with Gasteiger partial charge in [0.15, 0.2) is 0 Å². The number of carboxylic acids is 1. The van der Waals surface area contributed by atoms with E-state index in [2.05, 4.69) is 17.1 Å². The molecule has 1 unspecified atom stereocenters. The molecule has 0 radical (unpaired) electrons. The van der Waals surface area contributed by atoms with Crippen LogP contribution in [-0.2, 0) is 17.8 Å². The largest absolute Gasteiger partial charge is 0.494 e. The number of hydrogen-bond donors (Lipinski definition) is 1. The van der Waals surface area contributed by atoms with E-state index in [0.29, 0.717) is 37.7 Å². The van der Waals surface area contributed by atoms with Gasteiger partial charge in [0.2, 0.25) is 5.88 Å². The Kier molecular flexibility index (Phi) is 6.89. The molecule has 8 rings (SSSR count). The van der Waals surface area contributed by atoms with E-state index in [4.69, 9.17) is 9.47 Å². The zero-order valence-electron chi connectivity index (χ0n) is 20.4. The molecule has 3 aromatic rings. The third kappa shape index (κ3) is 5.20. The molecule has 7 bridgehead atoms. The summed E-state index contributed by atoms with van der Waals surface area (Å²) in [6.07, 6.45) is 4.05. The van der Waals surface area contributed by atoms with E-state index < -0.39 is 5.97 Å². The molecule has 7 nitrogen and oxygen atoms in total. The van der Waals surface area contributed by atoms with Crippen molar-refractivity contribution in [3.05, 3.63) is 88.1 Å². The number of hydrogen-bond acceptors (Lipinski definition) is 5. The van der Waals surface area contributed by atoms with Gasteiger partial charge in [0.25, 0.3) is 5.91 Å². The van der Waals surface area contributed by atoms with Gasteiger partial charge in [-0.3, -0.25) is 9.59 Å². The molecule has 0 aliphatic carbocycles. The number of aryl methyl sites for hydroxylation is 1. The molecule has 36 heavy (non-hydrogen) atoms. The van der Waals surface area contributed by atoms with Crippen molar-refractivity contribution in [2.24, 2.45) is 0 Å². The standard InChI is InChI=1S/C29H30N2O5/c1-19-14-24-7-8-25(19)29(34)31-11-10-20-4-5-21(15-23(20)18-31)26(16-28(32)33)22-6-9-27(30-17-22)36-13-3-2-12-35-24/h4-9,14-15,17,26H,2-3,10-13,16,18H2,1H3,(H,32,33). The Morgan fingerprint density at radius 1 is 1.03 bits per heavy atom. The van der Waals surface area contributed by atoms with Crippen LogP contribution < -0.4 is 9.47 Å². The number of carbonyl (C=O) groups is 2. The van der Waals surface area contributed by atoms with E-state index in [1.54, 1.807) is 12.3 Å². The Labute approximate surface area is 210 Å². The highest BCUT2D eigenvalue weighted by atomic mass is 16.5. The van der Waals surface area contributed by atoms with Crippen LogP contribution in [0.5, 0.6) is 11.6 Å². The number of ether oxygens (including phenoxy) is 2. The molecule has 2 aromatic carbocycles. The first kappa shape index (κ1) is 23.9. The molecule has 0 saturated heterocycles. The smallest absolute Gasteiger partial charge is 0.304 e. The van der Waals surface area contributed by atoms with Gasteiger partial charge in [0.05, 0.1) is 19.6 Å². The lowest BCUT2D eigenvalue weighted by atomic mass is 9.86. The predicted octanol–water partition coefficient (Wildman–Crippen LogP) is 4.75. The zero-order valence-corrected chi connectivity index (χ0v) is 20.4. The molecule has 0 fully saturated rings. The maximum atomic E-state index is 13.4. The highest BCUT2D eigenvalue weighted by molar-refractivity contribution is 5.96. The third-order valence-electron chi connectivity index (χ3n) is 6.96. The Bertz CT molecular complexity index is 1270. The normalized spacial score (nSPS) is 17.9. The molecular weight excluding hydrogens is 456 g/mol. The summed E-state index contributed by atoms with van der Waals surface area (Å²) in [6, 6.07) is 15.4. The van der Waals surface area contributed by atoms with Crippen molar-refractivity contribution in [3.63, 3.8) is 0 Å². The van der Waals surface area contributed by atoms with Gasteiger partial charge in [-0.25, -0.2) is 4.98 Å². The summed E-state index contributed by atoms with van der Waals surface area (Å²) in [7, 11) is 0. The lowest BCUT2D eigenvalue weighted by molar-refractivity contribution is -0.137. The van der Waals surface area contributed by atoms with Gasteiger partial charge in [-0.15, -0.1) is 0 Å². The Hall–Kier alpha value is -3.87. The lowest BCUT2D eigenvalue weighted by Crippen LogP contribution is -2.36. The minimum Gasteiger partial charge on any atom is -0.494 e. The first-order valence-electron chi connectivity index (χ1n) is 12.4. The summed E-state index contributed by atoms with van der Waals surface area (Å²) < 4.78 is 11.7. The van der Waals surface area contributed by atoms with Crippen LogP contribution in [0.4, 0.5) is 0 Å². The molecule has 5 aliphatic heterocycles. The van der Waals surface area contributed by atoms with Crippen LogP contribution in [0.2, 0.25) is 0 Å². The van der Waals surface area contributed by atoms with Crippen molar-refractivity contribution >= 4 is 11.9 Å². The molecule has 1 amide bonds. The van der Waals surface area contributed by atoms with Gasteiger partial charge in [-0.1, -0.05) is 24.3 Å². The van der Waals surface area contributed by atoms with Gasteiger partial charge in [-0.2, -0.15) is 0 Å². The molecule has 7 heteroatoms. The highest BCUT2D eigenvalue weighted by Gasteiger charge is 2.25. The van der Waals surface area contributed by atoms with Crippen LogP contribution in [0.25, 0.3) is 0 Å². The molecule has 0 saturated carbocycles. The summed E-state index contributed by atoms with van der Waals surface area (Å²) in [5, 5.41) is 9.63. The molecule has 5 aliphatic rings. The fourth-order valence-electron chi connectivity index (χ4n) is 4.96. The minimum absolute atomic E-state index is 0.0000168. The van der Waals surface area contributed by atoms with Crippen molar-refractivity contribution in [2.75, 3.05) is 19.8 Å². The van der Waals surface area contributed by atoms with Crippen molar-refractivity contribution in [3.8, 4) is 11.6 Å². The highest BCUT2D eigenvalue weighted by Crippen LogP contribution is 2.32. The minimum atomic E-state index is -0.874. The first-order chi connectivity index (χ1) is 17.5. The van der Waals surface area contributed by atoms with Gasteiger partial charge in [0.1, 0.15) is 5.75 Å². The van der Waals surface area contributed by atoms with Gasteiger partial charge in [0, 0.05) is 36.8 Å². The number of nitrogens with zero attached hydrogens (tertiary/aromatic N) is 2. The second-order valence-electron chi connectivity index (χ2n) is 9.47. The molecule has 1 aromatic heterocycles. The summed E-state index contributed by atoms with van der Waals surface area (Å²) >= 11 is 0. The van der Waals surface area contributed by atoms with Crippen LogP contribution in [-0.4, -0.2) is 46.6 Å². The number of aliphatic carboxylic acids is 1. The number of amides is 1. The Morgan fingerprint density at radius 2 is 1.83 bits per heavy atom. The molecular formula is C29H30N2O5. The third-order valence-corrected chi connectivity index (χ3v) is 6.96. The Balaban J connectivity index is 1.51. The Morgan fingerprint density at radius 3 is 2.58 bits per heavy atom. The zero-order chi connectivity index (χ0) is 25.1. The number of benzene rings is 2. The second-order valence-corrected chi connectivity index (χ2v) is 9.47. The van der Waals surface area contributed by atoms with Gasteiger partial charge >= 0.3 is 5.97 Å². The van der Waals surface area contributed by atoms with Gasteiger partial charge in [-0.05, 0) is 72.2 Å². The van der Waals surface area contributed by atoms with Crippen molar-refractivity contribution in [1.29, 1.82) is 0 Å². The fraction of sp³-hybridized carbons (Fsp3) is 0.345. The molecule has 6 heterocycles. The molecule has 1 N–H and O–H groups in total. The second kappa shape index (κ2) is 10.4. The van der Waals surface area contributed by atoms with Crippen LogP contribution in [0.1, 0.15) is 63.4 Å². The predicted molar refractivity (Wildman–Crippen MR) is 135 cm³/mol. The van der Waals surface area contributed by atoms with E-state index in [9.17, 15) is 14.7 Å². The fourth-order valence-corrected chi connectivity index (χ4v) is 4.96. The van der Waals surface area contributed by atoms with Crippen LogP contribution in [0, 0.1) is 6.92 Å². The summed E-state index contributed by atoms with van der Waals surface area (Å²) in [5.41, 5.74) is 5.54. The van der Waals surface area contributed by atoms with E-state index in [1.165, 1.54) is 5.56 Å². The SMILES string of the molecule is Cc1cc2ccc1C(=O)N1CCc3ccc(cc3C1)C(CC(=O)O)c1ccc(nc1)OCCCCO2. The number of rotatable bonds is 2. The summed E-state index contributed by atoms with van der Waals surface area (Å²) in [6.45, 7) is 4.15. The van der Waals surface area contributed by atoms with E-state index in [0.717, 1.165) is 47.3 Å². The maximum absolute atomic E-state index is 13.4. The summed E-state index contributed by atoms with van der Waals surface area (Å²) in [4.78, 5) is 31.5. The van der Waals surface area contributed by atoms with Crippen LogP contribution in [0.15, 0.2) is 54.7 Å².